The number of amides is 1. The number of aliphatic imine (C=N–C) groups is 1. The molecule has 0 radical (unpaired) electrons. The lowest BCUT2D eigenvalue weighted by molar-refractivity contribution is -0.137. The standard InChI is InChI=1S/C24H23F3N4O4/c1-15(14-34-19-8-6-18(7-9-19)24(25,26)27)20(13-28-2)23-30-21(31-35-23)16-4-3-5-17(12-16)22(33)29-10-11-32/h3-9,12-13,32H,10-11,14H2,1-2H3,(H,29,33)/b20-15-,28-13?. The first-order valence-corrected chi connectivity index (χ1v) is 10.5. The van der Waals surface area contributed by atoms with E-state index in [4.69, 9.17) is 14.4 Å². The zero-order valence-electron chi connectivity index (χ0n) is 19.0. The summed E-state index contributed by atoms with van der Waals surface area (Å²) in [6, 6.07) is 11.0. The molecule has 0 spiro atoms. The van der Waals surface area contributed by atoms with Crippen molar-refractivity contribution in [3.8, 4) is 17.1 Å². The number of alkyl halides is 3. The van der Waals surface area contributed by atoms with Gasteiger partial charge in [-0.25, -0.2) is 0 Å². The molecule has 1 aromatic heterocycles. The summed E-state index contributed by atoms with van der Waals surface area (Å²) in [6.45, 7) is 1.76. The van der Waals surface area contributed by atoms with Crippen molar-refractivity contribution in [3.63, 3.8) is 0 Å². The molecule has 0 saturated heterocycles. The Bertz CT molecular complexity index is 1220. The average Bonchev–Trinajstić information content (AvgIpc) is 3.34. The molecule has 8 nitrogen and oxygen atoms in total. The van der Waals surface area contributed by atoms with Crippen molar-refractivity contribution in [3.05, 3.63) is 71.1 Å². The van der Waals surface area contributed by atoms with Gasteiger partial charge in [-0.1, -0.05) is 17.3 Å². The van der Waals surface area contributed by atoms with E-state index in [1.54, 1.807) is 38.2 Å². The van der Waals surface area contributed by atoms with Crippen LogP contribution in [0.4, 0.5) is 13.2 Å². The van der Waals surface area contributed by atoms with E-state index in [9.17, 15) is 18.0 Å². The Morgan fingerprint density at radius 3 is 2.63 bits per heavy atom. The highest BCUT2D eigenvalue weighted by atomic mass is 19.4. The molecule has 0 aliphatic heterocycles. The molecule has 0 aliphatic carbocycles. The van der Waals surface area contributed by atoms with Gasteiger partial charge >= 0.3 is 6.18 Å². The first kappa shape index (κ1) is 25.6. The maximum absolute atomic E-state index is 12.7. The largest absolute Gasteiger partial charge is 0.489 e. The summed E-state index contributed by atoms with van der Waals surface area (Å²) < 4.78 is 49.2. The molecule has 1 heterocycles. The highest BCUT2D eigenvalue weighted by Crippen LogP contribution is 2.30. The molecule has 11 heteroatoms. The van der Waals surface area contributed by atoms with Gasteiger partial charge in [0.25, 0.3) is 11.8 Å². The summed E-state index contributed by atoms with van der Waals surface area (Å²) in [6.07, 6.45) is -2.90. The summed E-state index contributed by atoms with van der Waals surface area (Å²) in [5.74, 6) is 0.330. The number of ether oxygens (including phenoxy) is 1. The molecule has 3 aromatic rings. The van der Waals surface area contributed by atoms with Crippen molar-refractivity contribution >= 4 is 17.7 Å². The second-order valence-corrected chi connectivity index (χ2v) is 7.38. The van der Waals surface area contributed by atoms with Gasteiger partial charge in [-0.05, 0) is 48.9 Å². The summed E-state index contributed by atoms with van der Waals surface area (Å²) >= 11 is 0. The van der Waals surface area contributed by atoms with Crippen LogP contribution in [0.5, 0.6) is 5.75 Å². The topological polar surface area (TPSA) is 110 Å². The monoisotopic (exact) mass is 488 g/mol. The molecule has 0 atom stereocenters. The van der Waals surface area contributed by atoms with Gasteiger partial charge in [0.1, 0.15) is 12.4 Å². The number of hydrogen-bond donors (Lipinski definition) is 2. The van der Waals surface area contributed by atoms with Gasteiger partial charge in [0.2, 0.25) is 5.82 Å². The van der Waals surface area contributed by atoms with Crippen LogP contribution < -0.4 is 10.1 Å². The molecule has 35 heavy (non-hydrogen) atoms. The molecule has 0 fully saturated rings. The van der Waals surface area contributed by atoms with Crippen molar-refractivity contribution in [1.82, 2.24) is 15.5 Å². The van der Waals surface area contributed by atoms with Crippen LogP contribution in [0.15, 0.2) is 63.6 Å². The third-order valence-corrected chi connectivity index (χ3v) is 4.79. The number of aliphatic hydroxyl groups is 1. The second kappa shape index (κ2) is 11.4. The number of allylic oxidation sites excluding steroid dienone is 1. The third kappa shape index (κ3) is 6.76. The maximum atomic E-state index is 12.7. The lowest BCUT2D eigenvalue weighted by Crippen LogP contribution is -2.26. The minimum atomic E-state index is -4.42. The van der Waals surface area contributed by atoms with Crippen molar-refractivity contribution < 1.29 is 32.3 Å². The first-order chi connectivity index (χ1) is 16.7. The van der Waals surface area contributed by atoms with E-state index in [-0.39, 0.29) is 43.1 Å². The highest BCUT2D eigenvalue weighted by Gasteiger charge is 2.30. The SMILES string of the molecule is CN=C/C(=C(\C)COc1ccc(C(F)(F)F)cc1)c1nc(-c2cccc(C(=O)NCCO)c2)no1. The molecule has 0 saturated carbocycles. The number of nitrogens with zero attached hydrogens (tertiary/aromatic N) is 3. The minimum Gasteiger partial charge on any atom is -0.489 e. The lowest BCUT2D eigenvalue weighted by atomic mass is 10.1. The molecule has 2 N–H and O–H groups in total. The predicted octanol–water partition coefficient (Wildman–Crippen LogP) is 4.03. The molecule has 0 aliphatic rings. The van der Waals surface area contributed by atoms with Gasteiger partial charge < -0.3 is 19.7 Å². The molecule has 1 amide bonds. The number of halogens is 3. The van der Waals surface area contributed by atoms with E-state index >= 15 is 0 Å². The zero-order chi connectivity index (χ0) is 25.4. The number of rotatable bonds is 9. The average molecular weight is 488 g/mol. The second-order valence-electron chi connectivity index (χ2n) is 7.38. The molecule has 3 rings (SSSR count). The van der Waals surface area contributed by atoms with E-state index in [1.165, 1.54) is 18.3 Å². The molecule has 2 aromatic carbocycles. The number of hydrogen-bond acceptors (Lipinski definition) is 7. The van der Waals surface area contributed by atoms with Crippen LogP contribution in [-0.2, 0) is 6.18 Å². The number of benzene rings is 2. The van der Waals surface area contributed by atoms with Gasteiger partial charge in [0, 0.05) is 30.9 Å². The van der Waals surface area contributed by atoms with Crippen LogP contribution in [0.25, 0.3) is 17.0 Å². The van der Waals surface area contributed by atoms with E-state index in [2.05, 4.69) is 20.4 Å². The number of carbonyl (C=O) groups excluding carboxylic acids is 1. The third-order valence-electron chi connectivity index (χ3n) is 4.79. The predicted molar refractivity (Wildman–Crippen MR) is 123 cm³/mol. The van der Waals surface area contributed by atoms with E-state index in [0.29, 0.717) is 22.3 Å². The van der Waals surface area contributed by atoms with Gasteiger partial charge in [-0.3, -0.25) is 9.79 Å². The van der Waals surface area contributed by atoms with Gasteiger partial charge in [0.05, 0.1) is 17.7 Å². The maximum Gasteiger partial charge on any atom is 0.416 e. The number of nitrogens with one attached hydrogen (secondary N) is 1. The molecule has 0 bridgehead atoms. The van der Waals surface area contributed by atoms with Crippen LogP contribution in [-0.4, -0.2) is 54.2 Å². The van der Waals surface area contributed by atoms with Crippen LogP contribution in [0.1, 0.15) is 28.7 Å². The summed E-state index contributed by atoms with van der Waals surface area (Å²) in [4.78, 5) is 20.6. The van der Waals surface area contributed by atoms with E-state index < -0.39 is 11.7 Å². The Morgan fingerprint density at radius 1 is 1.23 bits per heavy atom. The smallest absolute Gasteiger partial charge is 0.416 e. The van der Waals surface area contributed by atoms with Crippen LogP contribution in [0.3, 0.4) is 0 Å². The van der Waals surface area contributed by atoms with Crippen molar-refractivity contribution in [1.29, 1.82) is 0 Å². The van der Waals surface area contributed by atoms with Crippen LogP contribution in [0.2, 0.25) is 0 Å². The van der Waals surface area contributed by atoms with E-state index in [0.717, 1.165) is 12.1 Å². The fourth-order valence-corrected chi connectivity index (χ4v) is 3.01. The fraction of sp³-hybridized carbons (Fsp3) is 0.250. The quantitative estimate of drug-likeness (QED) is 0.440. The van der Waals surface area contributed by atoms with Gasteiger partial charge in [-0.15, -0.1) is 0 Å². The molecule has 184 valence electrons. The Balaban J connectivity index is 1.78. The first-order valence-electron chi connectivity index (χ1n) is 10.5. The lowest BCUT2D eigenvalue weighted by Gasteiger charge is -2.10. The minimum absolute atomic E-state index is 0.0466. The highest BCUT2D eigenvalue weighted by molar-refractivity contribution is 6.09. The van der Waals surface area contributed by atoms with Crippen LogP contribution in [0, 0.1) is 0 Å². The summed E-state index contributed by atoms with van der Waals surface area (Å²) in [5.41, 5.74) is 1.31. The fourth-order valence-electron chi connectivity index (χ4n) is 3.01. The Labute approximate surface area is 199 Å². The number of carbonyl (C=O) groups is 1. The van der Waals surface area contributed by atoms with Crippen molar-refractivity contribution in [2.24, 2.45) is 4.99 Å². The van der Waals surface area contributed by atoms with E-state index in [1.807, 2.05) is 0 Å². The number of aliphatic hydroxyl groups excluding tert-OH is 1. The molecular formula is C24H23F3N4O4. The molecule has 0 unspecified atom stereocenters. The Kier molecular flexibility index (Phi) is 8.37. The van der Waals surface area contributed by atoms with Crippen molar-refractivity contribution in [2.75, 3.05) is 26.8 Å². The zero-order valence-corrected chi connectivity index (χ0v) is 19.0. The normalized spacial score (nSPS) is 12.5. The Hall–Kier alpha value is -3.99. The Morgan fingerprint density at radius 2 is 1.97 bits per heavy atom. The summed E-state index contributed by atoms with van der Waals surface area (Å²) in [7, 11) is 1.57. The summed E-state index contributed by atoms with van der Waals surface area (Å²) in [5, 5.41) is 15.4. The van der Waals surface area contributed by atoms with Crippen molar-refractivity contribution in [2.45, 2.75) is 13.1 Å². The van der Waals surface area contributed by atoms with Gasteiger partial charge in [0.15, 0.2) is 0 Å². The van der Waals surface area contributed by atoms with Crippen LogP contribution >= 0.6 is 0 Å². The van der Waals surface area contributed by atoms with Gasteiger partial charge in [-0.2, -0.15) is 18.2 Å². The number of aromatic nitrogens is 2. The molecular weight excluding hydrogens is 465 g/mol.